The number of aromatic hydroxyl groups is 1. The van der Waals surface area contributed by atoms with Crippen LogP contribution in [0, 0.1) is 0 Å². The molecule has 0 aromatic heterocycles. The van der Waals surface area contributed by atoms with Crippen LogP contribution in [0.15, 0.2) is 22.7 Å². The van der Waals surface area contributed by atoms with E-state index < -0.39 is 0 Å². The van der Waals surface area contributed by atoms with Gasteiger partial charge in [-0.05, 0) is 67.2 Å². The van der Waals surface area contributed by atoms with Gasteiger partial charge in [0, 0.05) is 31.2 Å². The van der Waals surface area contributed by atoms with Gasteiger partial charge in [0.2, 0.25) is 0 Å². The summed E-state index contributed by atoms with van der Waals surface area (Å²) in [7, 11) is 0. The SMILES string of the molecule is CC(C)(C)N1CCC(NCc2ccc(O)c(Br)c2)CC1. The number of hydrogen-bond acceptors (Lipinski definition) is 3. The van der Waals surface area contributed by atoms with Gasteiger partial charge in [-0.25, -0.2) is 0 Å². The quantitative estimate of drug-likeness (QED) is 0.883. The number of likely N-dealkylation sites (tertiary alicyclic amines) is 1. The van der Waals surface area contributed by atoms with E-state index in [0.29, 0.717) is 11.8 Å². The molecule has 1 aliphatic heterocycles. The van der Waals surface area contributed by atoms with Crippen LogP contribution in [0.25, 0.3) is 0 Å². The summed E-state index contributed by atoms with van der Waals surface area (Å²) >= 11 is 3.36. The lowest BCUT2D eigenvalue weighted by Gasteiger charge is -2.41. The van der Waals surface area contributed by atoms with Gasteiger partial charge in [0.15, 0.2) is 0 Å². The van der Waals surface area contributed by atoms with Crippen LogP contribution < -0.4 is 5.32 Å². The van der Waals surface area contributed by atoms with Crippen molar-refractivity contribution in [1.82, 2.24) is 10.2 Å². The molecule has 0 unspecified atom stereocenters. The number of nitrogens with one attached hydrogen (secondary N) is 1. The Kier molecular flexibility index (Phi) is 5.10. The number of phenolic OH excluding ortho intramolecular Hbond substituents is 1. The largest absolute Gasteiger partial charge is 0.507 e. The molecule has 0 amide bonds. The summed E-state index contributed by atoms with van der Waals surface area (Å²) in [5.74, 6) is 0.298. The van der Waals surface area contributed by atoms with E-state index in [0.717, 1.165) is 11.0 Å². The second-order valence-electron chi connectivity index (χ2n) is 6.60. The fourth-order valence-electron chi connectivity index (χ4n) is 2.68. The summed E-state index contributed by atoms with van der Waals surface area (Å²) in [6, 6.07) is 6.29. The zero-order valence-electron chi connectivity index (χ0n) is 12.6. The van der Waals surface area contributed by atoms with Gasteiger partial charge in [-0.1, -0.05) is 6.07 Å². The molecule has 1 aliphatic rings. The second-order valence-corrected chi connectivity index (χ2v) is 7.45. The number of piperidine rings is 1. The summed E-state index contributed by atoms with van der Waals surface area (Å²) in [5, 5.41) is 13.1. The van der Waals surface area contributed by atoms with Gasteiger partial charge >= 0.3 is 0 Å². The van der Waals surface area contributed by atoms with E-state index in [2.05, 4.69) is 46.9 Å². The molecule has 0 atom stereocenters. The maximum atomic E-state index is 9.49. The second kappa shape index (κ2) is 6.46. The molecule has 0 radical (unpaired) electrons. The lowest BCUT2D eigenvalue weighted by molar-refractivity contribution is 0.0960. The van der Waals surface area contributed by atoms with Gasteiger partial charge in [0.25, 0.3) is 0 Å². The normalized spacial score (nSPS) is 18.4. The zero-order valence-corrected chi connectivity index (χ0v) is 14.2. The highest BCUT2D eigenvalue weighted by Crippen LogP contribution is 2.24. The van der Waals surface area contributed by atoms with Crippen LogP contribution in [0.4, 0.5) is 0 Å². The number of phenols is 1. The van der Waals surface area contributed by atoms with Crippen molar-refractivity contribution in [3.8, 4) is 5.75 Å². The van der Waals surface area contributed by atoms with Crippen molar-refractivity contribution < 1.29 is 5.11 Å². The Morgan fingerprint density at radius 2 is 1.95 bits per heavy atom. The monoisotopic (exact) mass is 340 g/mol. The number of halogens is 1. The molecule has 112 valence electrons. The number of rotatable bonds is 3. The third kappa shape index (κ3) is 4.21. The molecule has 3 nitrogen and oxygen atoms in total. The summed E-state index contributed by atoms with van der Waals surface area (Å²) in [6.45, 7) is 10.1. The number of nitrogens with zero attached hydrogens (tertiary/aromatic N) is 1. The number of benzene rings is 1. The molecule has 1 saturated heterocycles. The average Bonchev–Trinajstić information content (AvgIpc) is 2.40. The Hall–Kier alpha value is -0.580. The summed E-state index contributed by atoms with van der Waals surface area (Å²) in [6.07, 6.45) is 2.41. The highest BCUT2D eigenvalue weighted by molar-refractivity contribution is 9.10. The van der Waals surface area contributed by atoms with E-state index in [-0.39, 0.29) is 5.54 Å². The summed E-state index contributed by atoms with van der Waals surface area (Å²) in [5.41, 5.74) is 1.49. The molecule has 4 heteroatoms. The van der Waals surface area contributed by atoms with Crippen molar-refractivity contribution >= 4 is 15.9 Å². The molecule has 1 aromatic carbocycles. The van der Waals surface area contributed by atoms with Crippen molar-refractivity contribution in [3.63, 3.8) is 0 Å². The van der Waals surface area contributed by atoms with E-state index in [1.54, 1.807) is 6.07 Å². The van der Waals surface area contributed by atoms with Crippen molar-refractivity contribution in [1.29, 1.82) is 0 Å². The Morgan fingerprint density at radius 3 is 2.50 bits per heavy atom. The van der Waals surface area contributed by atoms with Crippen LogP contribution in [-0.2, 0) is 6.54 Å². The Balaban J connectivity index is 1.80. The van der Waals surface area contributed by atoms with E-state index in [1.807, 2.05) is 12.1 Å². The molecule has 1 fully saturated rings. The fraction of sp³-hybridized carbons (Fsp3) is 0.625. The smallest absolute Gasteiger partial charge is 0.129 e. The van der Waals surface area contributed by atoms with Crippen LogP contribution >= 0.6 is 15.9 Å². The molecular weight excluding hydrogens is 316 g/mol. The van der Waals surface area contributed by atoms with Gasteiger partial charge in [-0.3, -0.25) is 4.90 Å². The van der Waals surface area contributed by atoms with Gasteiger partial charge in [0.1, 0.15) is 5.75 Å². The molecule has 0 saturated carbocycles. The molecule has 2 rings (SSSR count). The third-order valence-corrected chi connectivity index (χ3v) is 4.69. The summed E-state index contributed by atoms with van der Waals surface area (Å²) < 4.78 is 0.763. The Morgan fingerprint density at radius 1 is 1.30 bits per heavy atom. The standard InChI is InChI=1S/C16H25BrN2O/c1-16(2,3)19-8-6-13(7-9-19)18-11-12-4-5-15(20)14(17)10-12/h4-5,10,13,18,20H,6-9,11H2,1-3H3. The van der Waals surface area contributed by atoms with Gasteiger partial charge in [-0.2, -0.15) is 0 Å². The minimum Gasteiger partial charge on any atom is -0.507 e. The first-order valence-corrected chi connectivity index (χ1v) is 8.11. The maximum Gasteiger partial charge on any atom is 0.129 e. The topological polar surface area (TPSA) is 35.5 Å². The van der Waals surface area contributed by atoms with E-state index in [1.165, 1.54) is 31.5 Å². The van der Waals surface area contributed by atoms with Crippen molar-refractivity contribution in [3.05, 3.63) is 28.2 Å². The molecule has 0 spiro atoms. The fourth-order valence-corrected chi connectivity index (χ4v) is 3.10. The molecule has 20 heavy (non-hydrogen) atoms. The lowest BCUT2D eigenvalue weighted by atomic mass is 9.98. The first-order valence-electron chi connectivity index (χ1n) is 7.32. The van der Waals surface area contributed by atoms with Crippen molar-refractivity contribution in [2.24, 2.45) is 0 Å². The zero-order chi connectivity index (χ0) is 14.8. The van der Waals surface area contributed by atoms with Crippen LogP contribution in [0.1, 0.15) is 39.2 Å². The lowest BCUT2D eigenvalue weighted by Crippen LogP contribution is -2.49. The van der Waals surface area contributed by atoms with Crippen LogP contribution in [0.3, 0.4) is 0 Å². The minimum absolute atomic E-state index is 0.285. The molecule has 1 heterocycles. The molecule has 0 aliphatic carbocycles. The van der Waals surface area contributed by atoms with Gasteiger partial charge in [0.05, 0.1) is 4.47 Å². The highest BCUT2D eigenvalue weighted by atomic mass is 79.9. The van der Waals surface area contributed by atoms with Crippen molar-refractivity contribution in [2.75, 3.05) is 13.1 Å². The van der Waals surface area contributed by atoms with Gasteiger partial charge < -0.3 is 10.4 Å². The van der Waals surface area contributed by atoms with E-state index in [4.69, 9.17) is 0 Å². The molecule has 2 N–H and O–H groups in total. The predicted molar refractivity (Wildman–Crippen MR) is 87.0 cm³/mol. The summed E-state index contributed by atoms with van der Waals surface area (Å²) in [4.78, 5) is 2.56. The van der Waals surface area contributed by atoms with Crippen molar-refractivity contribution in [2.45, 2.75) is 51.7 Å². The molecule has 1 aromatic rings. The van der Waals surface area contributed by atoms with Crippen LogP contribution in [0.5, 0.6) is 5.75 Å². The third-order valence-electron chi connectivity index (χ3n) is 4.05. The Labute approximate surface area is 130 Å². The first kappa shape index (κ1) is 15.8. The molecule has 0 bridgehead atoms. The first-order chi connectivity index (χ1) is 9.36. The predicted octanol–water partition coefficient (Wildman–Crippen LogP) is 3.51. The number of hydrogen-bond donors (Lipinski definition) is 2. The average molecular weight is 341 g/mol. The molecular formula is C16H25BrN2O. The maximum absolute atomic E-state index is 9.49. The van der Waals surface area contributed by atoms with Crippen LogP contribution in [-0.4, -0.2) is 34.7 Å². The van der Waals surface area contributed by atoms with E-state index >= 15 is 0 Å². The van der Waals surface area contributed by atoms with Gasteiger partial charge in [-0.15, -0.1) is 0 Å². The van der Waals surface area contributed by atoms with E-state index in [9.17, 15) is 5.11 Å². The minimum atomic E-state index is 0.285. The highest BCUT2D eigenvalue weighted by Gasteiger charge is 2.26. The Bertz CT molecular complexity index is 448. The van der Waals surface area contributed by atoms with Crippen LogP contribution in [0.2, 0.25) is 0 Å².